The number of methoxy groups -OCH3 is 1. The van der Waals surface area contributed by atoms with Gasteiger partial charge in [0, 0.05) is 0 Å². The maximum absolute atomic E-state index is 12.9. The zero-order chi connectivity index (χ0) is 15.9. The molecule has 0 aliphatic heterocycles. The summed E-state index contributed by atoms with van der Waals surface area (Å²) in [5, 5.41) is 9.03. The lowest BCUT2D eigenvalue weighted by atomic mass is 10.2. The summed E-state index contributed by atoms with van der Waals surface area (Å²) in [6.07, 6.45) is -5.24. The molecule has 1 aromatic rings. The average molecular weight is 325 g/mol. The van der Waals surface area contributed by atoms with Crippen LogP contribution in [0.15, 0.2) is 23.1 Å². The monoisotopic (exact) mass is 325 g/mol. The van der Waals surface area contributed by atoms with Gasteiger partial charge < -0.3 is 9.84 Å². The summed E-state index contributed by atoms with van der Waals surface area (Å²) in [5.74, 6) is -0.0855. The first-order valence-electron chi connectivity index (χ1n) is 6.04. The van der Waals surface area contributed by atoms with E-state index in [1.807, 2.05) is 0 Å². The van der Waals surface area contributed by atoms with Crippen LogP contribution < -0.4 is 9.46 Å². The lowest BCUT2D eigenvalue weighted by Gasteiger charge is -2.21. The van der Waals surface area contributed by atoms with E-state index >= 15 is 0 Å². The fourth-order valence-corrected chi connectivity index (χ4v) is 3.58. The number of halogens is 3. The molecule has 1 aliphatic rings. The van der Waals surface area contributed by atoms with Crippen molar-refractivity contribution < 1.29 is 31.4 Å². The van der Waals surface area contributed by atoms with E-state index in [1.165, 1.54) is 19.2 Å². The van der Waals surface area contributed by atoms with Crippen LogP contribution in [-0.4, -0.2) is 32.3 Å². The lowest BCUT2D eigenvalue weighted by Crippen LogP contribution is -2.47. The summed E-state index contributed by atoms with van der Waals surface area (Å²) in [6.45, 7) is -0.434. The molecule has 1 fully saturated rings. The van der Waals surface area contributed by atoms with Crippen LogP contribution in [0.1, 0.15) is 18.4 Å². The van der Waals surface area contributed by atoms with E-state index in [1.54, 1.807) is 4.72 Å². The first kappa shape index (κ1) is 16.1. The van der Waals surface area contributed by atoms with Crippen LogP contribution in [-0.2, 0) is 16.6 Å². The Bertz CT molecular complexity index is 638. The highest BCUT2D eigenvalue weighted by atomic mass is 32.2. The highest BCUT2D eigenvalue weighted by Gasteiger charge is 2.65. The smallest absolute Gasteiger partial charge is 0.407 e. The minimum absolute atomic E-state index is 0.0855. The summed E-state index contributed by atoms with van der Waals surface area (Å²) >= 11 is 0. The largest absolute Gasteiger partial charge is 0.495 e. The molecular formula is C12H14F3NO4S. The highest BCUT2D eigenvalue weighted by molar-refractivity contribution is 7.89. The number of ether oxygens (including phenoxy) is 1. The Hall–Kier alpha value is -1.32. The molecule has 2 N–H and O–H groups in total. The summed E-state index contributed by atoms with van der Waals surface area (Å²) in [7, 11) is -3.21. The van der Waals surface area contributed by atoms with Gasteiger partial charge in [-0.2, -0.15) is 17.9 Å². The van der Waals surface area contributed by atoms with E-state index in [0.717, 1.165) is 6.07 Å². The van der Waals surface area contributed by atoms with Crippen molar-refractivity contribution in [3.8, 4) is 5.75 Å². The molecule has 1 aliphatic carbocycles. The Morgan fingerprint density at radius 2 is 2.00 bits per heavy atom. The van der Waals surface area contributed by atoms with Crippen LogP contribution in [0.5, 0.6) is 5.75 Å². The molecule has 0 heterocycles. The summed E-state index contributed by atoms with van der Waals surface area (Å²) in [4.78, 5) is -0.424. The number of hydrogen-bond acceptors (Lipinski definition) is 4. The maximum Gasteiger partial charge on any atom is 0.407 e. The predicted octanol–water partition coefficient (Wildman–Crippen LogP) is 1.56. The number of sulfonamides is 1. The second-order valence-electron chi connectivity index (χ2n) is 4.83. The highest BCUT2D eigenvalue weighted by Crippen LogP contribution is 2.50. The average Bonchev–Trinajstić information content (AvgIpc) is 3.17. The predicted molar refractivity (Wildman–Crippen MR) is 67.3 cm³/mol. The number of hydrogen-bond donors (Lipinski definition) is 2. The minimum atomic E-state index is -4.65. The van der Waals surface area contributed by atoms with Crippen molar-refractivity contribution in [2.24, 2.45) is 0 Å². The van der Waals surface area contributed by atoms with Gasteiger partial charge >= 0.3 is 6.18 Å². The number of alkyl halides is 3. The second-order valence-corrected chi connectivity index (χ2v) is 6.48. The first-order valence-corrected chi connectivity index (χ1v) is 7.52. The molecule has 0 unspecified atom stereocenters. The molecule has 1 saturated carbocycles. The molecule has 0 saturated heterocycles. The molecule has 0 aromatic heterocycles. The SMILES string of the molecule is COc1ccc(CO)cc1S(=O)(=O)NC1(C(F)(F)F)CC1. The van der Waals surface area contributed by atoms with E-state index in [2.05, 4.69) is 0 Å². The van der Waals surface area contributed by atoms with Crippen molar-refractivity contribution in [2.75, 3.05) is 7.11 Å². The minimum Gasteiger partial charge on any atom is -0.495 e. The Labute approximate surface area is 119 Å². The van der Waals surface area contributed by atoms with Crippen LogP contribution >= 0.6 is 0 Å². The quantitative estimate of drug-likeness (QED) is 0.861. The van der Waals surface area contributed by atoms with E-state index in [4.69, 9.17) is 9.84 Å². The van der Waals surface area contributed by atoms with E-state index in [0.29, 0.717) is 0 Å². The normalized spacial score (nSPS) is 17.6. The van der Waals surface area contributed by atoms with Gasteiger partial charge in [-0.05, 0) is 30.5 Å². The Kier molecular flexibility index (Phi) is 3.94. The molecule has 9 heteroatoms. The molecule has 21 heavy (non-hydrogen) atoms. The van der Waals surface area contributed by atoms with Gasteiger partial charge in [0.1, 0.15) is 16.2 Å². The van der Waals surface area contributed by atoms with Crippen molar-refractivity contribution in [3.05, 3.63) is 23.8 Å². The van der Waals surface area contributed by atoms with Crippen molar-refractivity contribution in [2.45, 2.75) is 36.1 Å². The molecule has 1 aromatic carbocycles. The Morgan fingerprint density at radius 1 is 1.38 bits per heavy atom. The molecule has 5 nitrogen and oxygen atoms in total. The molecule has 0 amide bonds. The van der Waals surface area contributed by atoms with Gasteiger partial charge in [0.15, 0.2) is 0 Å². The van der Waals surface area contributed by atoms with Gasteiger partial charge in [0.2, 0.25) is 10.0 Å². The summed E-state index contributed by atoms with van der Waals surface area (Å²) in [5.41, 5.74) is -2.14. The standard InChI is InChI=1S/C12H14F3NO4S/c1-20-9-3-2-8(7-17)6-10(9)21(18,19)16-11(4-5-11)12(13,14)15/h2-3,6,16-17H,4-5,7H2,1H3. The number of benzene rings is 1. The third-order valence-electron chi connectivity index (χ3n) is 3.32. The van der Waals surface area contributed by atoms with Crippen molar-refractivity contribution >= 4 is 10.0 Å². The third kappa shape index (κ3) is 2.99. The molecular weight excluding hydrogens is 311 g/mol. The van der Waals surface area contributed by atoms with Gasteiger partial charge in [-0.25, -0.2) is 8.42 Å². The molecule has 2 rings (SSSR count). The van der Waals surface area contributed by atoms with Gasteiger partial charge in [-0.3, -0.25) is 0 Å². The Balaban J connectivity index is 2.41. The van der Waals surface area contributed by atoms with Gasteiger partial charge in [0.05, 0.1) is 13.7 Å². The fourth-order valence-electron chi connectivity index (χ4n) is 1.91. The summed E-state index contributed by atoms with van der Waals surface area (Å²) < 4.78 is 69.6. The topological polar surface area (TPSA) is 75.6 Å². The summed E-state index contributed by atoms with van der Waals surface area (Å²) in [6, 6.07) is 3.80. The number of nitrogens with one attached hydrogen (secondary N) is 1. The number of aliphatic hydroxyl groups excluding tert-OH is 1. The molecule has 0 bridgehead atoms. The van der Waals surface area contributed by atoms with Crippen LogP contribution in [0.4, 0.5) is 13.2 Å². The van der Waals surface area contributed by atoms with Crippen LogP contribution in [0.3, 0.4) is 0 Å². The van der Waals surface area contributed by atoms with Gasteiger partial charge in [-0.1, -0.05) is 6.07 Å². The van der Waals surface area contributed by atoms with Gasteiger partial charge in [0.25, 0.3) is 0 Å². The Morgan fingerprint density at radius 3 is 2.43 bits per heavy atom. The van der Waals surface area contributed by atoms with Crippen LogP contribution in [0.25, 0.3) is 0 Å². The molecule has 0 atom stereocenters. The third-order valence-corrected chi connectivity index (χ3v) is 4.88. The molecule has 0 spiro atoms. The van der Waals surface area contributed by atoms with Crippen molar-refractivity contribution in [1.29, 1.82) is 0 Å². The van der Waals surface area contributed by atoms with E-state index < -0.39 is 33.2 Å². The van der Waals surface area contributed by atoms with Crippen LogP contribution in [0, 0.1) is 0 Å². The van der Waals surface area contributed by atoms with Crippen LogP contribution in [0.2, 0.25) is 0 Å². The maximum atomic E-state index is 12.9. The second kappa shape index (κ2) is 5.15. The van der Waals surface area contributed by atoms with E-state index in [-0.39, 0.29) is 24.2 Å². The fraction of sp³-hybridized carbons (Fsp3) is 0.500. The van der Waals surface area contributed by atoms with Crippen molar-refractivity contribution in [3.63, 3.8) is 0 Å². The van der Waals surface area contributed by atoms with Crippen molar-refractivity contribution in [1.82, 2.24) is 4.72 Å². The lowest BCUT2D eigenvalue weighted by molar-refractivity contribution is -0.160. The molecule has 118 valence electrons. The zero-order valence-electron chi connectivity index (χ0n) is 11.1. The number of aliphatic hydroxyl groups is 1. The van der Waals surface area contributed by atoms with E-state index in [9.17, 15) is 21.6 Å². The van der Waals surface area contributed by atoms with Gasteiger partial charge in [-0.15, -0.1) is 0 Å². The number of rotatable bonds is 5. The molecule has 0 radical (unpaired) electrons. The zero-order valence-corrected chi connectivity index (χ0v) is 11.9. The first-order chi connectivity index (χ1) is 9.65.